The van der Waals surface area contributed by atoms with E-state index in [1.807, 2.05) is 54.3 Å². The molecule has 1 saturated heterocycles. The maximum Gasteiger partial charge on any atom is 0.329 e. The first-order chi connectivity index (χ1) is 15.3. The molecule has 0 unspecified atom stereocenters. The molecule has 2 aliphatic rings. The third kappa shape index (κ3) is 3.02. The van der Waals surface area contributed by atoms with Crippen LogP contribution in [0.15, 0.2) is 83.8 Å². The number of nitrogens with zero attached hydrogens (tertiary/aromatic N) is 3. The summed E-state index contributed by atoms with van der Waals surface area (Å²) in [7, 11) is -4.16. The number of likely N-dealkylation sites (tertiary alicyclic amines) is 1. The number of sulfonamides is 1. The summed E-state index contributed by atoms with van der Waals surface area (Å²) in [5, 5.41) is 12.7. The van der Waals surface area contributed by atoms with E-state index in [9.17, 15) is 18.5 Å². The molecule has 1 fully saturated rings. The van der Waals surface area contributed by atoms with Crippen molar-refractivity contribution in [3.63, 3.8) is 0 Å². The van der Waals surface area contributed by atoms with Crippen molar-refractivity contribution in [3.05, 3.63) is 106 Å². The maximum absolute atomic E-state index is 13.8. The molecule has 0 radical (unpaired) electrons. The number of benzene rings is 3. The molecule has 0 aromatic heterocycles. The van der Waals surface area contributed by atoms with Gasteiger partial charge in [-0.1, -0.05) is 66.2 Å². The Hall–Kier alpha value is -3.23. The van der Waals surface area contributed by atoms with Gasteiger partial charge in [0.2, 0.25) is 0 Å². The first-order valence-corrected chi connectivity index (χ1v) is 11.9. The van der Waals surface area contributed by atoms with Gasteiger partial charge in [-0.05, 0) is 36.2 Å². The Morgan fingerprint density at radius 2 is 1.66 bits per heavy atom. The van der Waals surface area contributed by atoms with Gasteiger partial charge in [-0.3, -0.25) is 15.0 Å². The summed E-state index contributed by atoms with van der Waals surface area (Å²) in [6, 6.07) is 23.2. The lowest BCUT2D eigenvalue weighted by Crippen LogP contribution is -2.58. The highest BCUT2D eigenvalue weighted by Gasteiger charge is 2.69. The number of hydrogen-bond acceptors (Lipinski definition) is 5. The Bertz CT molecular complexity index is 1280. The summed E-state index contributed by atoms with van der Waals surface area (Å²) >= 11 is 0. The van der Waals surface area contributed by atoms with E-state index in [4.69, 9.17) is 0 Å². The fraction of sp³-hybridized carbons (Fsp3) is 0.250. The zero-order valence-corrected chi connectivity index (χ0v) is 18.4. The topological polar surface area (TPSA) is 83.8 Å². The standard InChI is InChI=1S/C24H23N3O4S/c1-18-11-13-20(14-12-18)32(30,31)26-23-10-6-5-9-21(23)22-16-25(17-24(22,26)27(28)29)15-19-7-3-2-4-8-19/h2-14,22H,15-17H2,1H3/t22-,24+/m0/s1. The minimum atomic E-state index is -4.16. The maximum atomic E-state index is 13.8. The monoisotopic (exact) mass is 449 g/mol. The molecule has 0 bridgehead atoms. The lowest BCUT2D eigenvalue weighted by molar-refractivity contribution is -0.563. The highest BCUT2D eigenvalue weighted by Crippen LogP contribution is 2.54. The molecule has 32 heavy (non-hydrogen) atoms. The zero-order chi connectivity index (χ0) is 22.5. The number of nitro groups is 1. The van der Waals surface area contributed by atoms with Crippen LogP contribution in [0.1, 0.15) is 22.6 Å². The van der Waals surface area contributed by atoms with Gasteiger partial charge in [-0.15, -0.1) is 0 Å². The van der Waals surface area contributed by atoms with Gasteiger partial charge in [0.15, 0.2) is 0 Å². The van der Waals surface area contributed by atoms with Gasteiger partial charge in [0, 0.05) is 13.1 Å². The van der Waals surface area contributed by atoms with Crippen molar-refractivity contribution < 1.29 is 13.3 Å². The van der Waals surface area contributed by atoms with Crippen LogP contribution in [0.2, 0.25) is 0 Å². The minimum Gasteiger partial charge on any atom is -0.289 e. The van der Waals surface area contributed by atoms with Crippen molar-refractivity contribution in [3.8, 4) is 0 Å². The fourth-order valence-corrected chi connectivity index (χ4v) is 6.80. The van der Waals surface area contributed by atoms with Crippen LogP contribution in [-0.4, -0.2) is 37.0 Å². The Labute approximate surface area is 187 Å². The average molecular weight is 450 g/mol. The van der Waals surface area contributed by atoms with E-state index < -0.39 is 26.5 Å². The second-order valence-electron chi connectivity index (χ2n) is 8.48. The largest absolute Gasteiger partial charge is 0.329 e. The first-order valence-electron chi connectivity index (χ1n) is 10.5. The highest BCUT2D eigenvalue weighted by atomic mass is 32.2. The second-order valence-corrected chi connectivity index (χ2v) is 10.3. The number of rotatable bonds is 5. The predicted octanol–water partition coefficient (Wildman–Crippen LogP) is 3.78. The molecule has 164 valence electrons. The molecule has 2 atom stereocenters. The van der Waals surface area contributed by atoms with Gasteiger partial charge in [0.1, 0.15) is 0 Å². The molecule has 3 aromatic rings. The molecule has 8 heteroatoms. The normalized spacial score (nSPS) is 22.5. The van der Waals surface area contributed by atoms with E-state index in [1.165, 1.54) is 12.1 Å². The Balaban J connectivity index is 1.64. The smallest absolute Gasteiger partial charge is 0.289 e. The third-order valence-corrected chi connectivity index (χ3v) is 8.32. The summed E-state index contributed by atoms with van der Waals surface area (Å²) in [6.45, 7) is 2.81. The van der Waals surface area contributed by atoms with Crippen LogP contribution in [0, 0.1) is 17.0 Å². The molecule has 0 amide bonds. The summed E-state index contributed by atoms with van der Waals surface area (Å²) < 4.78 is 28.7. The average Bonchev–Trinajstić information content (AvgIpc) is 3.27. The molecule has 0 spiro atoms. The molecule has 2 aliphatic heterocycles. The number of aryl methyl sites for hydroxylation is 1. The van der Waals surface area contributed by atoms with E-state index >= 15 is 0 Å². The van der Waals surface area contributed by atoms with Crippen LogP contribution < -0.4 is 4.31 Å². The van der Waals surface area contributed by atoms with E-state index in [2.05, 4.69) is 0 Å². The summed E-state index contributed by atoms with van der Waals surface area (Å²) in [4.78, 5) is 14.3. The van der Waals surface area contributed by atoms with Crippen LogP contribution in [0.4, 0.5) is 5.69 Å². The highest BCUT2D eigenvalue weighted by molar-refractivity contribution is 7.93. The van der Waals surface area contributed by atoms with Crippen molar-refractivity contribution >= 4 is 15.7 Å². The van der Waals surface area contributed by atoms with Gasteiger partial charge >= 0.3 is 5.66 Å². The minimum absolute atomic E-state index is 0.0132. The first kappa shape index (κ1) is 20.7. The molecule has 7 nitrogen and oxygen atoms in total. The van der Waals surface area contributed by atoms with Gasteiger partial charge < -0.3 is 0 Å². The molecule has 0 saturated carbocycles. The zero-order valence-electron chi connectivity index (χ0n) is 17.6. The van der Waals surface area contributed by atoms with Gasteiger partial charge in [-0.2, -0.15) is 4.31 Å². The van der Waals surface area contributed by atoms with Crippen LogP contribution >= 0.6 is 0 Å². The van der Waals surface area contributed by atoms with Crippen molar-refractivity contribution in [1.29, 1.82) is 0 Å². The van der Waals surface area contributed by atoms with Gasteiger partial charge in [0.05, 0.1) is 28.0 Å². The van der Waals surface area contributed by atoms with Gasteiger partial charge in [-0.25, -0.2) is 8.42 Å². The van der Waals surface area contributed by atoms with E-state index in [0.29, 0.717) is 24.3 Å². The van der Waals surface area contributed by atoms with E-state index in [1.54, 1.807) is 24.3 Å². The predicted molar refractivity (Wildman–Crippen MR) is 121 cm³/mol. The quantitative estimate of drug-likeness (QED) is 0.437. The summed E-state index contributed by atoms with van der Waals surface area (Å²) in [5.74, 6) is -0.558. The summed E-state index contributed by atoms with van der Waals surface area (Å²) in [5.41, 5.74) is 1.27. The number of hydrogen-bond donors (Lipinski definition) is 0. The van der Waals surface area contributed by atoms with Crippen molar-refractivity contribution in [2.75, 3.05) is 17.4 Å². The SMILES string of the molecule is Cc1ccc(S(=O)(=O)N2c3ccccc3[C@@H]3CN(Cc4ccccc4)C[C@@]32[N+](=O)[O-])cc1. The number of para-hydroxylation sites is 1. The molecular formula is C24H23N3O4S. The van der Waals surface area contributed by atoms with Crippen LogP contribution in [0.25, 0.3) is 0 Å². The summed E-state index contributed by atoms with van der Waals surface area (Å²) in [6.07, 6.45) is 0. The third-order valence-electron chi connectivity index (χ3n) is 6.46. The van der Waals surface area contributed by atoms with Crippen LogP contribution in [0.5, 0.6) is 0 Å². The molecule has 0 aliphatic carbocycles. The van der Waals surface area contributed by atoms with Crippen molar-refractivity contribution in [2.45, 2.75) is 29.9 Å². The Kier molecular flexibility index (Phi) is 4.79. The van der Waals surface area contributed by atoms with Crippen LogP contribution in [-0.2, 0) is 16.6 Å². The lowest BCUT2D eigenvalue weighted by Gasteiger charge is -2.31. The molecule has 2 heterocycles. The lowest BCUT2D eigenvalue weighted by atomic mass is 9.93. The molecule has 3 aromatic carbocycles. The van der Waals surface area contributed by atoms with E-state index in [0.717, 1.165) is 15.4 Å². The molecule has 5 rings (SSSR count). The second kappa shape index (κ2) is 7.43. The fourth-order valence-electron chi connectivity index (χ4n) is 5.01. The number of fused-ring (bicyclic) bond motifs is 3. The van der Waals surface area contributed by atoms with Gasteiger partial charge in [0.25, 0.3) is 10.0 Å². The van der Waals surface area contributed by atoms with E-state index in [-0.39, 0.29) is 11.4 Å². The Morgan fingerprint density at radius 3 is 2.34 bits per heavy atom. The van der Waals surface area contributed by atoms with Crippen molar-refractivity contribution in [2.24, 2.45) is 0 Å². The molecule has 0 N–H and O–H groups in total. The number of anilines is 1. The van der Waals surface area contributed by atoms with Crippen molar-refractivity contribution in [1.82, 2.24) is 4.90 Å². The Morgan fingerprint density at radius 1 is 1.00 bits per heavy atom. The van der Waals surface area contributed by atoms with Crippen LogP contribution in [0.3, 0.4) is 0 Å². The molecular weight excluding hydrogens is 426 g/mol.